The van der Waals surface area contributed by atoms with Crippen LogP contribution < -0.4 is 14.8 Å². The fourth-order valence-electron chi connectivity index (χ4n) is 2.95. The van der Waals surface area contributed by atoms with Crippen LogP contribution in [-0.2, 0) is 0 Å². The Hall–Kier alpha value is -3.67. The fraction of sp³-hybridized carbons (Fsp3) is 0.136. The van der Waals surface area contributed by atoms with Crippen LogP contribution in [0.15, 0.2) is 67.0 Å². The number of aromatic nitrogens is 3. The third-order valence-corrected chi connectivity index (χ3v) is 4.25. The van der Waals surface area contributed by atoms with Crippen molar-refractivity contribution in [2.45, 2.75) is 6.92 Å². The molecule has 4 rings (SSSR count). The second-order valence-electron chi connectivity index (χ2n) is 6.08. The van der Waals surface area contributed by atoms with Crippen molar-refractivity contribution in [1.29, 1.82) is 0 Å². The number of nitrogens with one attached hydrogen (secondary N) is 1. The van der Waals surface area contributed by atoms with Gasteiger partial charge in [0.1, 0.15) is 5.82 Å². The highest BCUT2D eigenvalue weighted by atomic mass is 16.5. The molecule has 0 radical (unpaired) electrons. The van der Waals surface area contributed by atoms with Gasteiger partial charge in [0.05, 0.1) is 19.2 Å². The van der Waals surface area contributed by atoms with Gasteiger partial charge in [0.15, 0.2) is 17.3 Å². The van der Waals surface area contributed by atoms with E-state index in [1.54, 1.807) is 19.5 Å². The predicted molar refractivity (Wildman–Crippen MR) is 110 cm³/mol. The summed E-state index contributed by atoms with van der Waals surface area (Å²) in [7, 11) is 1.63. The SMILES string of the molecule is CCOc1ccc(Nc2nc(-c3cccnc3)nc3ccccc23)cc1OC. The van der Waals surface area contributed by atoms with Gasteiger partial charge in [0.25, 0.3) is 0 Å². The largest absolute Gasteiger partial charge is 0.493 e. The van der Waals surface area contributed by atoms with Gasteiger partial charge in [0.2, 0.25) is 0 Å². The van der Waals surface area contributed by atoms with Gasteiger partial charge in [0, 0.05) is 35.1 Å². The summed E-state index contributed by atoms with van der Waals surface area (Å²) in [6.45, 7) is 2.52. The molecule has 2 aromatic carbocycles. The Balaban J connectivity index is 1.78. The normalized spacial score (nSPS) is 10.6. The van der Waals surface area contributed by atoms with Crippen LogP contribution in [-0.4, -0.2) is 28.7 Å². The predicted octanol–water partition coefficient (Wildman–Crippen LogP) is 4.84. The number of para-hydroxylation sites is 1. The van der Waals surface area contributed by atoms with Crippen LogP contribution in [0, 0.1) is 0 Å². The molecule has 0 bridgehead atoms. The average Bonchev–Trinajstić information content (AvgIpc) is 2.75. The van der Waals surface area contributed by atoms with E-state index >= 15 is 0 Å². The van der Waals surface area contributed by atoms with Gasteiger partial charge in [-0.3, -0.25) is 4.98 Å². The van der Waals surface area contributed by atoms with Crippen LogP contribution in [0.25, 0.3) is 22.3 Å². The maximum Gasteiger partial charge on any atom is 0.163 e. The maximum atomic E-state index is 5.59. The summed E-state index contributed by atoms with van der Waals surface area (Å²) in [6.07, 6.45) is 3.49. The molecule has 0 aliphatic heterocycles. The van der Waals surface area contributed by atoms with Crippen LogP contribution >= 0.6 is 0 Å². The van der Waals surface area contributed by atoms with Crippen molar-refractivity contribution < 1.29 is 9.47 Å². The molecule has 6 heteroatoms. The molecule has 0 saturated carbocycles. The lowest BCUT2D eigenvalue weighted by atomic mass is 10.2. The number of hydrogen-bond acceptors (Lipinski definition) is 6. The molecule has 0 aliphatic rings. The van der Waals surface area contributed by atoms with Gasteiger partial charge in [-0.1, -0.05) is 12.1 Å². The van der Waals surface area contributed by atoms with E-state index in [1.807, 2.05) is 61.5 Å². The quantitative estimate of drug-likeness (QED) is 0.522. The molecule has 2 aromatic heterocycles. The highest BCUT2D eigenvalue weighted by molar-refractivity contribution is 5.92. The molecule has 28 heavy (non-hydrogen) atoms. The molecule has 0 saturated heterocycles. The van der Waals surface area contributed by atoms with Crippen molar-refractivity contribution in [2.75, 3.05) is 19.0 Å². The van der Waals surface area contributed by atoms with Crippen molar-refractivity contribution in [3.63, 3.8) is 0 Å². The number of methoxy groups -OCH3 is 1. The maximum absolute atomic E-state index is 5.59. The fourth-order valence-corrected chi connectivity index (χ4v) is 2.95. The van der Waals surface area contributed by atoms with Gasteiger partial charge in [-0.2, -0.15) is 0 Å². The molecule has 2 heterocycles. The lowest BCUT2D eigenvalue weighted by molar-refractivity contribution is 0.311. The molecule has 0 atom stereocenters. The Bertz CT molecular complexity index is 1100. The second kappa shape index (κ2) is 7.92. The van der Waals surface area contributed by atoms with E-state index in [2.05, 4.69) is 15.3 Å². The third kappa shape index (κ3) is 3.57. The molecular formula is C22H20N4O2. The zero-order valence-electron chi connectivity index (χ0n) is 15.7. The number of rotatable bonds is 6. The van der Waals surface area contributed by atoms with E-state index in [4.69, 9.17) is 14.5 Å². The van der Waals surface area contributed by atoms with E-state index < -0.39 is 0 Å². The lowest BCUT2D eigenvalue weighted by Gasteiger charge is -2.14. The smallest absolute Gasteiger partial charge is 0.163 e. The Morgan fingerprint density at radius 2 is 1.86 bits per heavy atom. The first kappa shape index (κ1) is 17.7. The van der Waals surface area contributed by atoms with Crippen LogP contribution in [0.3, 0.4) is 0 Å². The Labute approximate surface area is 163 Å². The highest BCUT2D eigenvalue weighted by Crippen LogP contribution is 2.33. The number of benzene rings is 2. The number of nitrogens with zero attached hydrogens (tertiary/aromatic N) is 3. The standard InChI is InChI=1S/C22H20N4O2/c1-3-28-19-11-10-16(13-20(19)27-2)24-22-17-8-4-5-9-18(17)25-21(26-22)15-7-6-12-23-14-15/h4-14H,3H2,1-2H3,(H,24,25,26). The van der Waals surface area contributed by atoms with E-state index in [1.165, 1.54) is 0 Å². The summed E-state index contributed by atoms with van der Waals surface area (Å²) >= 11 is 0. The molecule has 0 fully saturated rings. The van der Waals surface area contributed by atoms with Crippen LogP contribution in [0.2, 0.25) is 0 Å². The minimum atomic E-state index is 0.578. The highest BCUT2D eigenvalue weighted by Gasteiger charge is 2.11. The zero-order chi connectivity index (χ0) is 19.3. The number of hydrogen-bond donors (Lipinski definition) is 1. The molecule has 0 unspecified atom stereocenters. The van der Waals surface area contributed by atoms with Gasteiger partial charge in [-0.05, 0) is 43.3 Å². The second-order valence-corrected chi connectivity index (χ2v) is 6.08. The first-order chi connectivity index (χ1) is 13.8. The molecule has 6 nitrogen and oxygen atoms in total. The first-order valence-corrected chi connectivity index (χ1v) is 9.03. The van der Waals surface area contributed by atoms with Crippen molar-refractivity contribution in [2.24, 2.45) is 0 Å². The van der Waals surface area contributed by atoms with Gasteiger partial charge < -0.3 is 14.8 Å². The van der Waals surface area contributed by atoms with Crippen LogP contribution in [0.1, 0.15) is 6.92 Å². The average molecular weight is 372 g/mol. The molecule has 0 aliphatic carbocycles. The number of pyridine rings is 1. The van der Waals surface area contributed by atoms with Crippen LogP contribution in [0.4, 0.5) is 11.5 Å². The molecule has 0 amide bonds. The van der Waals surface area contributed by atoms with E-state index in [9.17, 15) is 0 Å². The van der Waals surface area contributed by atoms with E-state index in [-0.39, 0.29) is 0 Å². The van der Waals surface area contributed by atoms with Crippen LogP contribution in [0.5, 0.6) is 11.5 Å². The topological polar surface area (TPSA) is 69.2 Å². The monoisotopic (exact) mass is 372 g/mol. The third-order valence-electron chi connectivity index (χ3n) is 4.25. The Morgan fingerprint density at radius 3 is 2.64 bits per heavy atom. The molecule has 1 N–H and O–H groups in total. The van der Waals surface area contributed by atoms with Crippen molar-refractivity contribution in [3.8, 4) is 22.9 Å². The van der Waals surface area contributed by atoms with Crippen molar-refractivity contribution in [3.05, 3.63) is 67.0 Å². The number of ether oxygens (including phenoxy) is 2. The summed E-state index contributed by atoms with van der Waals surface area (Å²) in [5.74, 6) is 2.71. The number of anilines is 2. The van der Waals surface area contributed by atoms with E-state index in [0.717, 1.165) is 28.0 Å². The number of fused-ring (bicyclic) bond motifs is 1. The van der Waals surface area contributed by atoms with Crippen molar-refractivity contribution >= 4 is 22.4 Å². The van der Waals surface area contributed by atoms with E-state index in [0.29, 0.717) is 23.9 Å². The Morgan fingerprint density at radius 1 is 0.964 bits per heavy atom. The summed E-state index contributed by atoms with van der Waals surface area (Å²) in [6, 6.07) is 17.4. The summed E-state index contributed by atoms with van der Waals surface area (Å²) in [5, 5.41) is 4.33. The lowest BCUT2D eigenvalue weighted by Crippen LogP contribution is -2.01. The summed E-state index contributed by atoms with van der Waals surface area (Å²) in [5.41, 5.74) is 2.57. The zero-order valence-corrected chi connectivity index (χ0v) is 15.7. The van der Waals surface area contributed by atoms with Crippen molar-refractivity contribution in [1.82, 2.24) is 15.0 Å². The Kier molecular flexibility index (Phi) is 5.01. The first-order valence-electron chi connectivity index (χ1n) is 9.03. The summed E-state index contributed by atoms with van der Waals surface area (Å²) < 4.78 is 11.0. The molecule has 140 valence electrons. The molecular weight excluding hydrogens is 352 g/mol. The molecule has 0 spiro atoms. The molecule has 4 aromatic rings. The minimum absolute atomic E-state index is 0.578. The summed E-state index contributed by atoms with van der Waals surface area (Å²) in [4.78, 5) is 13.6. The van der Waals surface area contributed by atoms with Gasteiger partial charge in [-0.15, -0.1) is 0 Å². The minimum Gasteiger partial charge on any atom is -0.493 e. The van der Waals surface area contributed by atoms with Gasteiger partial charge in [-0.25, -0.2) is 9.97 Å². The van der Waals surface area contributed by atoms with Gasteiger partial charge >= 0.3 is 0 Å².